The number of nitrogens with one attached hydrogen (secondary N) is 1. The van der Waals surface area contributed by atoms with Crippen LogP contribution in [-0.2, 0) is 16.0 Å². The Labute approximate surface area is 125 Å². The molecule has 1 aliphatic rings. The van der Waals surface area contributed by atoms with Gasteiger partial charge in [0.25, 0.3) is 0 Å². The summed E-state index contributed by atoms with van der Waals surface area (Å²) in [4.78, 5) is 26.0. The van der Waals surface area contributed by atoms with Crippen molar-refractivity contribution in [2.75, 3.05) is 19.6 Å². The molecule has 1 aromatic heterocycles. The van der Waals surface area contributed by atoms with Crippen LogP contribution >= 0.6 is 27.3 Å². The van der Waals surface area contributed by atoms with E-state index in [-0.39, 0.29) is 11.8 Å². The second-order valence-electron chi connectivity index (χ2n) is 4.57. The fraction of sp³-hybridized carbons (Fsp3) is 0.538. The van der Waals surface area contributed by atoms with E-state index >= 15 is 0 Å². The molecule has 1 aromatic rings. The largest absolute Gasteiger partial charge is 0.356 e. The number of hydrogen-bond acceptors (Lipinski definition) is 3. The van der Waals surface area contributed by atoms with Crippen LogP contribution in [0, 0.1) is 0 Å². The van der Waals surface area contributed by atoms with E-state index in [1.807, 2.05) is 17.0 Å². The van der Waals surface area contributed by atoms with Crippen molar-refractivity contribution < 1.29 is 9.59 Å². The minimum Gasteiger partial charge on any atom is -0.356 e. The van der Waals surface area contributed by atoms with E-state index < -0.39 is 0 Å². The van der Waals surface area contributed by atoms with Crippen LogP contribution in [0.1, 0.15) is 24.1 Å². The Morgan fingerprint density at radius 1 is 1.47 bits per heavy atom. The normalized spacial score (nSPS) is 15.0. The maximum absolute atomic E-state index is 11.7. The lowest BCUT2D eigenvalue weighted by atomic mass is 10.3. The van der Waals surface area contributed by atoms with E-state index in [9.17, 15) is 9.59 Å². The molecule has 0 radical (unpaired) electrons. The molecule has 0 aromatic carbocycles. The van der Waals surface area contributed by atoms with Gasteiger partial charge in [-0.25, -0.2) is 0 Å². The van der Waals surface area contributed by atoms with Crippen molar-refractivity contribution in [2.24, 2.45) is 0 Å². The second kappa shape index (κ2) is 7.05. The van der Waals surface area contributed by atoms with Gasteiger partial charge in [0.15, 0.2) is 0 Å². The molecule has 0 atom stereocenters. The molecule has 2 heterocycles. The smallest absolute Gasteiger partial charge is 0.225 e. The zero-order valence-electron chi connectivity index (χ0n) is 10.7. The molecular weight excluding hydrogens is 328 g/mol. The Kier molecular flexibility index (Phi) is 5.39. The molecule has 4 nitrogen and oxygen atoms in total. The number of amides is 2. The first kappa shape index (κ1) is 14.5. The number of halogens is 1. The van der Waals surface area contributed by atoms with Gasteiger partial charge < -0.3 is 10.2 Å². The first-order chi connectivity index (χ1) is 9.15. The molecule has 19 heavy (non-hydrogen) atoms. The summed E-state index contributed by atoms with van der Waals surface area (Å²) in [5.74, 6) is 0.289. The van der Waals surface area contributed by atoms with Gasteiger partial charge in [-0.15, -0.1) is 11.3 Å². The molecule has 0 spiro atoms. The van der Waals surface area contributed by atoms with Crippen LogP contribution in [0.4, 0.5) is 0 Å². The van der Waals surface area contributed by atoms with Gasteiger partial charge in [-0.3, -0.25) is 9.59 Å². The van der Waals surface area contributed by atoms with Crippen LogP contribution in [0.15, 0.2) is 15.9 Å². The molecule has 1 N–H and O–H groups in total. The van der Waals surface area contributed by atoms with Crippen molar-refractivity contribution in [2.45, 2.75) is 25.7 Å². The molecule has 104 valence electrons. The third-order valence-corrected chi connectivity index (χ3v) is 4.69. The van der Waals surface area contributed by atoms with Gasteiger partial charge in [0.2, 0.25) is 11.8 Å². The van der Waals surface area contributed by atoms with Gasteiger partial charge in [0.1, 0.15) is 0 Å². The summed E-state index contributed by atoms with van der Waals surface area (Å²) in [5.41, 5.74) is 0. The quantitative estimate of drug-likeness (QED) is 0.804. The van der Waals surface area contributed by atoms with E-state index in [2.05, 4.69) is 21.2 Å². The van der Waals surface area contributed by atoms with Crippen LogP contribution in [0.25, 0.3) is 0 Å². The molecule has 6 heteroatoms. The van der Waals surface area contributed by atoms with Crippen LogP contribution in [0.2, 0.25) is 0 Å². The Morgan fingerprint density at radius 3 is 2.95 bits per heavy atom. The lowest BCUT2D eigenvalue weighted by Crippen LogP contribution is -2.31. The third-order valence-electron chi connectivity index (χ3n) is 3.06. The minimum absolute atomic E-state index is 0.0436. The van der Waals surface area contributed by atoms with Crippen LogP contribution in [-0.4, -0.2) is 36.3 Å². The predicted molar refractivity (Wildman–Crippen MR) is 79.2 cm³/mol. The zero-order chi connectivity index (χ0) is 13.7. The minimum atomic E-state index is 0.0436. The highest BCUT2D eigenvalue weighted by Crippen LogP contribution is 2.22. The van der Waals surface area contributed by atoms with E-state index in [1.165, 1.54) is 0 Å². The zero-order valence-corrected chi connectivity index (χ0v) is 13.1. The Balaban J connectivity index is 1.60. The third kappa shape index (κ3) is 4.62. The van der Waals surface area contributed by atoms with Crippen molar-refractivity contribution in [3.8, 4) is 0 Å². The predicted octanol–water partition coefficient (Wildman–Crippen LogP) is 2.18. The Hall–Kier alpha value is -0.880. The SMILES string of the molecule is O=C(Cc1ccc(Br)s1)NCCCN1CCCC1=O. The van der Waals surface area contributed by atoms with E-state index in [4.69, 9.17) is 0 Å². The molecule has 1 saturated heterocycles. The van der Waals surface area contributed by atoms with Crippen LogP contribution in [0.5, 0.6) is 0 Å². The topological polar surface area (TPSA) is 49.4 Å². The van der Waals surface area contributed by atoms with Gasteiger partial charge in [0.05, 0.1) is 10.2 Å². The van der Waals surface area contributed by atoms with Crippen molar-refractivity contribution >= 4 is 39.1 Å². The molecule has 0 aliphatic carbocycles. The second-order valence-corrected chi connectivity index (χ2v) is 7.12. The maximum Gasteiger partial charge on any atom is 0.225 e. The summed E-state index contributed by atoms with van der Waals surface area (Å²) in [7, 11) is 0. The van der Waals surface area contributed by atoms with Gasteiger partial charge in [-0.05, 0) is 40.9 Å². The lowest BCUT2D eigenvalue weighted by Gasteiger charge is -2.15. The highest BCUT2D eigenvalue weighted by Gasteiger charge is 2.18. The standard InChI is InChI=1S/C13H17BrN2O2S/c14-11-5-4-10(19-11)9-12(17)15-6-2-8-16-7-1-3-13(16)18/h4-5H,1-3,6-9H2,(H,15,17). The summed E-state index contributed by atoms with van der Waals surface area (Å²) in [6.07, 6.45) is 2.91. The van der Waals surface area contributed by atoms with Crippen LogP contribution < -0.4 is 5.32 Å². The number of hydrogen-bond donors (Lipinski definition) is 1. The van der Waals surface area contributed by atoms with Crippen molar-refractivity contribution in [1.82, 2.24) is 10.2 Å². The Morgan fingerprint density at radius 2 is 2.32 bits per heavy atom. The fourth-order valence-corrected chi connectivity index (χ4v) is 3.59. The van der Waals surface area contributed by atoms with Gasteiger partial charge in [0, 0.05) is 30.9 Å². The molecular formula is C13H17BrN2O2S. The highest BCUT2D eigenvalue weighted by molar-refractivity contribution is 9.11. The number of likely N-dealkylation sites (tertiary alicyclic amines) is 1. The summed E-state index contributed by atoms with van der Waals surface area (Å²) < 4.78 is 1.04. The van der Waals surface area contributed by atoms with Gasteiger partial charge in [-0.1, -0.05) is 0 Å². The molecule has 2 amide bonds. The molecule has 2 rings (SSSR count). The number of carbonyl (C=O) groups is 2. The molecule has 0 unspecified atom stereocenters. The number of nitrogens with zero attached hydrogens (tertiary/aromatic N) is 1. The number of thiophene rings is 1. The highest BCUT2D eigenvalue weighted by atomic mass is 79.9. The summed E-state index contributed by atoms with van der Waals surface area (Å²) in [6.45, 7) is 2.26. The number of carbonyl (C=O) groups excluding carboxylic acids is 2. The van der Waals surface area contributed by atoms with E-state index in [1.54, 1.807) is 11.3 Å². The van der Waals surface area contributed by atoms with Gasteiger partial charge >= 0.3 is 0 Å². The van der Waals surface area contributed by atoms with Crippen LogP contribution in [0.3, 0.4) is 0 Å². The average molecular weight is 345 g/mol. The Bertz CT molecular complexity index is 461. The molecule has 1 aliphatic heterocycles. The first-order valence-electron chi connectivity index (χ1n) is 6.44. The summed E-state index contributed by atoms with van der Waals surface area (Å²) in [5, 5.41) is 2.89. The first-order valence-corrected chi connectivity index (χ1v) is 8.05. The summed E-state index contributed by atoms with van der Waals surface area (Å²) >= 11 is 4.96. The molecule has 1 fully saturated rings. The van der Waals surface area contributed by atoms with Crippen molar-refractivity contribution in [3.63, 3.8) is 0 Å². The van der Waals surface area contributed by atoms with E-state index in [0.717, 1.165) is 34.6 Å². The molecule has 0 bridgehead atoms. The summed E-state index contributed by atoms with van der Waals surface area (Å²) in [6, 6.07) is 3.91. The number of rotatable bonds is 6. The average Bonchev–Trinajstić information content (AvgIpc) is 2.94. The fourth-order valence-electron chi connectivity index (χ4n) is 2.11. The molecule has 0 saturated carbocycles. The van der Waals surface area contributed by atoms with Crippen molar-refractivity contribution in [3.05, 3.63) is 20.8 Å². The monoisotopic (exact) mass is 344 g/mol. The van der Waals surface area contributed by atoms with E-state index in [0.29, 0.717) is 19.4 Å². The van der Waals surface area contributed by atoms with Crippen molar-refractivity contribution in [1.29, 1.82) is 0 Å². The lowest BCUT2D eigenvalue weighted by molar-refractivity contribution is -0.127. The maximum atomic E-state index is 11.7. The van der Waals surface area contributed by atoms with Gasteiger partial charge in [-0.2, -0.15) is 0 Å².